The van der Waals surface area contributed by atoms with Gasteiger partial charge in [-0.25, -0.2) is 4.79 Å². The third-order valence-corrected chi connectivity index (χ3v) is 4.13. The van der Waals surface area contributed by atoms with Crippen LogP contribution in [0.2, 0.25) is 0 Å². The first-order valence-corrected chi connectivity index (χ1v) is 7.62. The molecule has 0 aromatic heterocycles. The first-order valence-electron chi connectivity index (χ1n) is 6.63. The Balaban J connectivity index is 2.93. The fourth-order valence-electron chi connectivity index (χ4n) is 1.79. The van der Waals surface area contributed by atoms with E-state index in [1.54, 1.807) is 31.2 Å². The Bertz CT molecular complexity index is 554. The molecule has 2 N–H and O–H groups in total. The molecule has 0 radical (unpaired) electrons. The summed E-state index contributed by atoms with van der Waals surface area (Å²) in [5, 5.41) is 20.4. The highest BCUT2D eigenvalue weighted by Gasteiger charge is 2.26. The Morgan fingerprint density at radius 1 is 1.43 bits per heavy atom. The molecule has 0 spiro atoms. The molecule has 0 unspecified atom stereocenters. The van der Waals surface area contributed by atoms with Crippen molar-refractivity contribution in [2.24, 2.45) is 5.92 Å². The summed E-state index contributed by atoms with van der Waals surface area (Å²) in [6.07, 6.45) is 0.655. The van der Waals surface area contributed by atoms with Crippen molar-refractivity contribution >= 4 is 23.6 Å². The van der Waals surface area contributed by atoms with Crippen LogP contribution in [0.5, 0.6) is 0 Å². The number of hydrogen-bond donors (Lipinski definition) is 2. The van der Waals surface area contributed by atoms with E-state index in [1.807, 2.05) is 13.0 Å². The van der Waals surface area contributed by atoms with Crippen molar-refractivity contribution in [2.75, 3.05) is 5.75 Å². The molecule has 0 saturated heterocycles. The summed E-state index contributed by atoms with van der Waals surface area (Å²) in [5.74, 6) is -1.40. The molecule has 5 nitrogen and oxygen atoms in total. The van der Waals surface area contributed by atoms with E-state index in [9.17, 15) is 14.7 Å². The second-order valence-electron chi connectivity index (χ2n) is 4.62. The van der Waals surface area contributed by atoms with Gasteiger partial charge in [0.1, 0.15) is 6.04 Å². The average Bonchev–Trinajstić information content (AvgIpc) is 2.49. The lowest BCUT2D eigenvalue weighted by Gasteiger charge is -2.20. The SMILES string of the molecule is CC[C@H](C)[C@H](NC(=O)c1ccccc1SCC#N)C(=O)O. The van der Waals surface area contributed by atoms with Crippen LogP contribution in [0.15, 0.2) is 29.2 Å². The minimum Gasteiger partial charge on any atom is -0.480 e. The lowest BCUT2D eigenvalue weighted by molar-refractivity contribution is -0.140. The van der Waals surface area contributed by atoms with Gasteiger partial charge in [0.15, 0.2) is 0 Å². The minimum absolute atomic E-state index is 0.162. The quantitative estimate of drug-likeness (QED) is 0.755. The van der Waals surface area contributed by atoms with E-state index in [-0.39, 0.29) is 11.7 Å². The lowest BCUT2D eigenvalue weighted by Crippen LogP contribution is -2.45. The number of hydrogen-bond acceptors (Lipinski definition) is 4. The number of nitrogens with one attached hydrogen (secondary N) is 1. The third-order valence-electron chi connectivity index (χ3n) is 3.19. The Labute approximate surface area is 128 Å². The third kappa shape index (κ3) is 4.80. The van der Waals surface area contributed by atoms with Gasteiger partial charge < -0.3 is 10.4 Å². The number of benzene rings is 1. The highest BCUT2D eigenvalue weighted by molar-refractivity contribution is 7.99. The maximum absolute atomic E-state index is 12.3. The zero-order chi connectivity index (χ0) is 15.8. The number of aliphatic carboxylic acids is 1. The average molecular weight is 306 g/mol. The maximum atomic E-state index is 12.3. The van der Waals surface area contributed by atoms with Crippen LogP contribution < -0.4 is 5.32 Å². The molecule has 1 aromatic rings. The van der Waals surface area contributed by atoms with Crippen molar-refractivity contribution in [3.8, 4) is 6.07 Å². The van der Waals surface area contributed by atoms with Crippen LogP contribution in [0.25, 0.3) is 0 Å². The van der Waals surface area contributed by atoms with Gasteiger partial charge in [-0.05, 0) is 18.1 Å². The van der Waals surface area contributed by atoms with E-state index in [0.29, 0.717) is 16.9 Å². The van der Waals surface area contributed by atoms with E-state index in [1.165, 1.54) is 11.8 Å². The zero-order valence-electron chi connectivity index (χ0n) is 12.0. The predicted octanol–water partition coefficient (Wildman–Crippen LogP) is 2.53. The monoisotopic (exact) mass is 306 g/mol. The summed E-state index contributed by atoms with van der Waals surface area (Å²) in [5.41, 5.74) is 0.396. The number of nitrogens with zero attached hydrogens (tertiary/aromatic N) is 1. The van der Waals surface area contributed by atoms with Crippen molar-refractivity contribution in [3.63, 3.8) is 0 Å². The number of carboxylic acid groups (broad SMARTS) is 1. The molecule has 1 aromatic carbocycles. The Kier molecular flexibility index (Phi) is 6.76. The Morgan fingerprint density at radius 3 is 2.67 bits per heavy atom. The molecule has 21 heavy (non-hydrogen) atoms. The molecule has 0 aliphatic heterocycles. The van der Waals surface area contributed by atoms with Crippen LogP contribution in [0, 0.1) is 17.2 Å². The van der Waals surface area contributed by atoms with E-state index < -0.39 is 17.9 Å². The fourth-order valence-corrected chi connectivity index (χ4v) is 2.50. The maximum Gasteiger partial charge on any atom is 0.326 e. The van der Waals surface area contributed by atoms with Crippen LogP contribution in [0.3, 0.4) is 0 Å². The number of rotatable bonds is 7. The number of carbonyl (C=O) groups excluding carboxylic acids is 1. The molecule has 0 aliphatic rings. The summed E-state index contributed by atoms with van der Waals surface area (Å²) in [6, 6.07) is 7.95. The molecule has 0 bridgehead atoms. The standard InChI is InChI=1S/C15H18N2O3S/c1-3-10(2)13(15(19)20)17-14(18)11-6-4-5-7-12(11)21-9-8-16/h4-7,10,13H,3,9H2,1-2H3,(H,17,18)(H,19,20)/t10-,13-/m0/s1. The van der Waals surface area contributed by atoms with E-state index in [0.717, 1.165) is 0 Å². The molecular weight excluding hydrogens is 288 g/mol. The Morgan fingerprint density at radius 2 is 2.10 bits per heavy atom. The first kappa shape index (κ1) is 17.1. The van der Waals surface area contributed by atoms with Crippen LogP contribution in [-0.2, 0) is 4.79 Å². The Hall–Kier alpha value is -2.00. The van der Waals surface area contributed by atoms with Crippen molar-refractivity contribution < 1.29 is 14.7 Å². The van der Waals surface area contributed by atoms with Crippen LogP contribution >= 0.6 is 11.8 Å². The molecule has 0 fully saturated rings. The van der Waals surface area contributed by atoms with Crippen LogP contribution in [0.4, 0.5) is 0 Å². The number of amides is 1. The van der Waals surface area contributed by atoms with Gasteiger partial charge in [0.2, 0.25) is 0 Å². The number of thioether (sulfide) groups is 1. The minimum atomic E-state index is -1.04. The molecule has 0 heterocycles. The number of carbonyl (C=O) groups is 2. The molecule has 0 aliphatic carbocycles. The fraction of sp³-hybridized carbons (Fsp3) is 0.400. The molecule has 6 heteroatoms. The van der Waals surface area contributed by atoms with Crippen molar-refractivity contribution in [1.82, 2.24) is 5.32 Å². The van der Waals surface area contributed by atoms with Gasteiger partial charge in [0, 0.05) is 4.90 Å². The van der Waals surface area contributed by atoms with Gasteiger partial charge in [-0.3, -0.25) is 4.79 Å². The topological polar surface area (TPSA) is 90.2 Å². The van der Waals surface area contributed by atoms with E-state index in [4.69, 9.17) is 5.26 Å². The molecule has 1 rings (SSSR count). The largest absolute Gasteiger partial charge is 0.480 e. The zero-order valence-corrected chi connectivity index (χ0v) is 12.8. The summed E-state index contributed by atoms with van der Waals surface area (Å²) < 4.78 is 0. The highest BCUT2D eigenvalue weighted by atomic mass is 32.2. The number of nitriles is 1. The van der Waals surface area contributed by atoms with Gasteiger partial charge in [-0.2, -0.15) is 5.26 Å². The van der Waals surface area contributed by atoms with E-state index >= 15 is 0 Å². The van der Waals surface area contributed by atoms with Gasteiger partial charge in [0.05, 0.1) is 17.4 Å². The normalized spacial score (nSPS) is 13.0. The second kappa shape index (κ2) is 8.32. The highest BCUT2D eigenvalue weighted by Crippen LogP contribution is 2.22. The van der Waals surface area contributed by atoms with Crippen LogP contribution in [0.1, 0.15) is 30.6 Å². The molecule has 112 valence electrons. The second-order valence-corrected chi connectivity index (χ2v) is 5.64. The van der Waals surface area contributed by atoms with Crippen molar-refractivity contribution in [3.05, 3.63) is 29.8 Å². The summed E-state index contributed by atoms with van der Waals surface area (Å²) >= 11 is 1.26. The summed E-state index contributed by atoms with van der Waals surface area (Å²) in [4.78, 5) is 24.2. The van der Waals surface area contributed by atoms with Gasteiger partial charge >= 0.3 is 5.97 Å². The lowest BCUT2D eigenvalue weighted by atomic mass is 9.99. The molecule has 0 saturated carbocycles. The smallest absolute Gasteiger partial charge is 0.326 e. The first-order chi connectivity index (χ1) is 10.0. The molecule has 2 atom stereocenters. The van der Waals surface area contributed by atoms with Gasteiger partial charge in [-0.1, -0.05) is 32.4 Å². The molecular formula is C15H18N2O3S. The predicted molar refractivity (Wildman–Crippen MR) is 81.1 cm³/mol. The van der Waals surface area contributed by atoms with Gasteiger partial charge in [0.25, 0.3) is 5.91 Å². The van der Waals surface area contributed by atoms with Crippen LogP contribution in [-0.4, -0.2) is 28.8 Å². The number of carboxylic acids is 1. The van der Waals surface area contributed by atoms with Gasteiger partial charge in [-0.15, -0.1) is 11.8 Å². The van der Waals surface area contributed by atoms with E-state index in [2.05, 4.69) is 5.32 Å². The summed E-state index contributed by atoms with van der Waals surface area (Å²) in [6.45, 7) is 3.67. The van der Waals surface area contributed by atoms with Crippen molar-refractivity contribution in [1.29, 1.82) is 5.26 Å². The molecule has 1 amide bonds. The summed E-state index contributed by atoms with van der Waals surface area (Å²) in [7, 11) is 0. The van der Waals surface area contributed by atoms with Crippen molar-refractivity contribution in [2.45, 2.75) is 31.2 Å².